The molecule has 0 radical (unpaired) electrons. The molecule has 0 spiro atoms. The molecule has 0 fully saturated rings. The highest BCUT2D eigenvalue weighted by atomic mass is 16.5. The second-order valence-electron chi connectivity index (χ2n) is 8.65. The number of nitrogens with one attached hydrogen (secondary N) is 2. The molecule has 160 valence electrons. The van der Waals surface area contributed by atoms with Gasteiger partial charge >= 0.3 is 5.97 Å². The summed E-state index contributed by atoms with van der Waals surface area (Å²) in [6.45, 7) is 0.642. The Balaban J connectivity index is 1.33. The summed E-state index contributed by atoms with van der Waals surface area (Å²) >= 11 is 0. The lowest BCUT2D eigenvalue weighted by Gasteiger charge is -2.16. The first-order chi connectivity index (χ1) is 15.6. The molecular weight excluding hydrogens is 400 g/mol. The fourth-order valence-corrected chi connectivity index (χ4v) is 4.88. The van der Waals surface area contributed by atoms with E-state index in [-0.39, 0.29) is 12.1 Å². The minimum atomic E-state index is -0.156. The molecule has 0 saturated carbocycles. The van der Waals surface area contributed by atoms with Crippen molar-refractivity contribution < 1.29 is 9.53 Å². The van der Waals surface area contributed by atoms with Gasteiger partial charge in [0.1, 0.15) is 6.10 Å². The third kappa shape index (κ3) is 3.33. The normalized spacial score (nSPS) is 18.8. The number of rotatable bonds is 3. The Hall–Kier alpha value is -3.64. The van der Waals surface area contributed by atoms with Crippen molar-refractivity contribution in [3.63, 3.8) is 0 Å². The zero-order valence-corrected chi connectivity index (χ0v) is 17.9. The number of cyclic esters (lactones) is 1. The minimum Gasteiger partial charge on any atom is -0.461 e. The van der Waals surface area contributed by atoms with E-state index in [2.05, 4.69) is 53.4 Å². The van der Waals surface area contributed by atoms with Crippen LogP contribution in [0.5, 0.6) is 0 Å². The number of fused-ring (bicyclic) bond motifs is 3. The summed E-state index contributed by atoms with van der Waals surface area (Å²) in [6, 6.07) is 21.0. The maximum Gasteiger partial charge on any atom is 0.310 e. The third-order valence-corrected chi connectivity index (χ3v) is 6.46. The van der Waals surface area contributed by atoms with Crippen molar-refractivity contribution in [2.45, 2.75) is 31.9 Å². The van der Waals surface area contributed by atoms with Crippen LogP contribution in [0.2, 0.25) is 0 Å². The summed E-state index contributed by atoms with van der Waals surface area (Å²) in [7, 11) is 1.98. The van der Waals surface area contributed by atoms with Crippen LogP contribution in [0, 0.1) is 0 Å². The fourth-order valence-electron chi connectivity index (χ4n) is 4.88. The lowest BCUT2D eigenvalue weighted by atomic mass is 9.90. The highest BCUT2D eigenvalue weighted by Crippen LogP contribution is 2.33. The van der Waals surface area contributed by atoms with Crippen molar-refractivity contribution in [3.05, 3.63) is 94.0 Å². The van der Waals surface area contributed by atoms with Crippen molar-refractivity contribution in [1.82, 2.24) is 5.53 Å². The molecular formula is C26H24N4O2. The predicted octanol–water partition coefficient (Wildman–Crippen LogP) is 3.57. The number of hydrogen-bond acceptors (Lipinski definition) is 6. The average molecular weight is 425 g/mol. The summed E-state index contributed by atoms with van der Waals surface area (Å²) in [5.74, 6) is -0.148. The van der Waals surface area contributed by atoms with Gasteiger partial charge in [-0.25, -0.2) is 0 Å². The molecule has 3 aliphatic heterocycles. The smallest absolute Gasteiger partial charge is 0.310 e. The van der Waals surface area contributed by atoms with E-state index in [9.17, 15) is 4.79 Å². The van der Waals surface area contributed by atoms with Crippen LogP contribution >= 0.6 is 0 Å². The number of anilines is 2. The topological polar surface area (TPSA) is 66.0 Å². The molecule has 0 saturated heterocycles. The van der Waals surface area contributed by atoms with E-state index in [1.807, 2.05) is 30.3 Å². The van der Waals surface area contributed by atoms with Gasteiger partial charge in [-0.1, -0.05) is 42.5 Å². The fraction of sp³-hybridized carbons (Fsp3) is 0.231. The second-order valence-corrected chi connectivity index (χ2v) is 8.65. The molecule has 6 rings (SSSR count). The predicted molar refractivity (Wildman–Crippen MR) is 125 cm³/mol. The van der Waals surface area contributed by atoms with Crippen molar-refractivity contribution in [3.8, 4) is 0 Å². The van der Waals surface area contributed by atoms with E-state index < -0.39 is 0 Å². The first-order valence-corrected chi connectivity index (χ1v) is 11.0. The number of carbonyl (C=O) groups excluding carboxylic acids is 1. The maximum absolute atomic E-state index is 12.5. The SMILES string of the molecule is CN1NNc2cc(C3=NCc4cc5c(cc43)CC(Cc3ccccc3)OC(=O)C5)ccc21. The van der Waals surface area contributed by atoms with Crippen molar-refractivity contribution in [2.24, 2.45) is 4.99 Å². The zero-order chi connectivity index (χ0) is 21.7. The van der Waals surface area contributed by atoms with Crippen LogP contribution in [0.3, 0.4) is 0 Å². The van der Waals surface area contributed by atoms with Gasteiger partial charge in [-0.05, 0) is 40.5 Å². The summed E-state index contributed by atoms with van der Waals surface area (Å²) in [4.78, 5) is 17.4. The molecule has 0 aliphatic carbocycles. The van der Waals surface area contributed by atoms with Gasteiger partial charge < -0.3 is 10.2 Å². The van der Waals surface area contributed by atoms with Crippen LogP contribution in [0.15, 0.2) is 65.7 Å². The van der Waals surface area contributed by atoms with Crippen molar-refractivity contribution in [1.29, 1.82) is 0 Å². The Morgan fingerprint density at radius 3 is 2.81 bits per heavy atom. The lowest BCUT2D eigenvalue weighted by molar-refractivity contribution is -0.147. The Morgan fingerprint density at radius 1 is 1.06 bits per heavy atom. The van der Waals surface area contributed by atoms with Crippen LogP contribution in [-0.2, 0) is 35.3 Å². The molecule has 2 N–H and O–H groups in total. The van der Waals surface area contributed by atoms with Gasteiger partial charge in [0, 0.05) is 31.0 Å². The number of ether oxygens (including phenoxy) is 1. The molecule has 1 unspecified atom stereocenters. The molecule has 6 nitrogen and oxygen atoms in total. The molecule has 0 bridgehead atoms. The standard InChI is InChI=1S/C26H24N4O2/c1-30-24-8-7-17(13-23(24)28-29-30)26-22-12-19-11-21(9-16-5-3-2-4-6-16)32-25(31)14-18(19)10-20(22)15-27-26/h2-8,10,12-13,21,28-29H,9,11,14-15H2,1H3. The third-order valence-electron chi connectivity index (χ3n) is 6.46. The Kier molecular flexibility index (Phi) is 4.47. The number of esters is 1. The van der Waals surface area contributed by atoms with E-state index >= 15 is 0 Å². The molecule has 0 aromatic heterocycles. The molecule has 6 heteroatoms. The monoisotopic (exact) mass is 424 g/mol. The van der Waals surface area contributed by atoms with Gasteiger partial charge in [0.05, 0.1) is 30.1 Å². The quantitative estimate of drug-likeness (QED) is 0.630. The number of carbonyl (C=O) groups is 1. The number of hydrazine groups is 2. The van der Waals surface area contributed by atoms with Crippen LogP contribution in [0.1, 0.15) is 33.4 Å². The van der Waals surface area contributed by atoms with Crippen LogP contribution < -0.4 is 16.0 Å². The molecule has 0 amide bonds. The number of nitrogens with zero attached hydrogens (tertiary/aromatic N) is 2. The van der Waals surface area contributed by atoms with E-state index in [1.54, 1.807) is 0 Å². The van der Waals surface area contributed by atoms with Crippen LogP contribution in [-0.4, -0.2) is 24.8 Å². The Morgan fingerprint density at radius 2 is 1.94 bits per heavy atom. The molecule has 3 aliphatic rings. The number of aliphatic imine (C=N–C) groups is 1. The summed E-state index contributed by atoms with van der Waals surface area (Å²) in [5, 5.41) is 1.95. The van der Waals surface area contributed by atoms with Crippen molar-refractivity contribution in [2.75, 3.05) is 17.5 Å². The highest BCUT2D eigenvalue weighted by molar-refractivity contribution is 6.16. The van der Waals surface area contributed by atoms with Gasteiger partial charge in [0.25, 0.3) is 0 Å². The van der Waals surface area contributed by atoms with Gasteiger partial charge in [-0.3, -0.25) is 14.8 Å². The Labute approximate surface area is 186 Å². The van der Waals surface area contributed by atoms with E-state index in [0.717, 1.165) is 46.6 Å². The van der Waals surface area contributed by atoms with Gasteiger partial charge in [0.2, 0.25) is 0 Å². The maximum atomic E-state index is 12.5. The summed E-state index contributed by atoms with van der Waals surface area (Å²) in [5.41, 5.74) is 16.3. The van der Waals surface area contributed by atoms with Crippen molar-refractivity contribution >= 4 is 23.1 Å². The van der Waals surface area contributed by atoms with Gasteiger partial charge in [0.15, 0.2) is 0 Å². The van der Waals surface area contributed by atoms with Crippen LogP contribution in [0.25, 0.3) is 0 Å². The van der Waals surface area contributed by atoms with E-state index in [1.165, 1.54) is 16.7 Å². The minimum absolute atomic E-state index is 0.148. The first kappa shape index (κ1) is 19.1. The number of hydrogen-bond donors (Lipinski definition) is 2. The van der Waals surface area contributed by atoms with Gasteiger partial charge in [-0.2, -0.15) is 0 Å². The zero-order valence-electron chi connectivity index (χ0n) is 17.9. The first-order valence-electron chi connectivity index (χ1n) is 11.0. The second kappa shape index (κ2) is 7.50. The highest BCUT2D eigenvalue weighted by Gasteiger charge is 2.27. The van der Waals surface area contributed by atoms with E-state index in [4.69, 9.17) is 9.73 Å². The average Bonchev–Trinajstić information content (AvgIpc) is 3.32. The molecule has 3 aromatic rings. The van der Waals surface area contributed by atoms with Gasteiger partial charge in [-0.15, -0.1) is 5.53 Å². The molecule has 32 heavy (non-hydrogen) atoms. The molecule has 3 heterocycles. The summed E-state index contributed by atoms with van der Waals surface area (Å²) < 4.78 is 5.81. The summed E-state index contributed by atoms with van der Waals surface area (Å²) in [6.07, 6.45) is 1.61. The van der Waals surface area contributed by atoms with Crippen LogP contribution in [0.4, 0.5) is 11.4 Å². The largest absolute Gasteiger partial charge is 0.461 e. The molecule has 1 atom stereocenters. The van der Waals surface area contributed by atoms with E-state index in [0.29, 0.717) is 13.0 Å². The lowest BCUT2D eigenvalue weighted by Crippen LogP contribution is -2.31. The molecule has 3 aromatic carbocycles. The number of benzene rings is 3. The Bertz CT molecular complexity index is 1250.